The lowest BCUT2D eigenvalue weighted by Gasteiger charge is -2.40. The van der Waals surface area contributed by atoms with Crippen LogP contribution >= 0.6 is 15.9 Å². The first-order valence-corrected chi connectivity index (χ1v) is 14.6. The fourth-order valence-electron chi connectivity index (χ4n) is 5.66. The Morgan fingerprint density at radius 1 is 0.750 bits per heavy atom. The zero-order chi connectivity index (χ0) is 27.6. The second kappa shape index (κ2) is 11.4. The largest absolute Gasteiger partial charge is 0.336 e. The molecule has 0 N–H and O–H groups in total. The molecule has 1 fully saturated rings. The molecular formula is C35H32BrN3O. The van der Waals surface area contributed by atoms with Gasteiger partial charge in [-0.1, -0.05) is 88.7 Å². The summed E-state index contributed by atoms with van der Waals surface area (Å²) in [7, 11) is 0. The third kappa shape index (κ3) is 5.32. The molecule has 1 aromatic heterocycles. The van der Waals surface area contributed by atoms with Crippen LogP contribution in [0.4, 0.5) is 0 Å². The van der Waals surface area contributed by atoms with Crippen LogP contribution < -0.4 is 0 Å². The Balaban J connectivity index is 1.30. The van der Waals surface area contributed by atoms with Crippen molar-refractivity contribution in [3.05, 3.63) is 135 Å². The van der Waals surface area contributed by atoms with Crippen molar-refractivity contribution >= 4 is 32.7 Å². The van der Waals surface area contributed by atoms with Gasteiger partial charge in [-0.3, -0.25) is 9.69 Å². The standard InChI is InChI=1S/C35H32BrN3O/c1-24-13-14-28(21-25(24)2)33-23-31(30-22-29(36)15-16-32(30)37-33)35(40)39-19-17-38(18-20-39)34(26-9-5-3-6-10-26)27-11-7-4-8-12-27/h3-16,21-23,34H,17-20H2,1-2H3. The number of halogens is 1. The van der Waals surface area contributed by atoms with Crippen molar-refractivity contribution in [3.63, 3.8) is 0 Å². The third-order valence-corrected chi connectivity index (χ3v) is 8.49. The van der Waals surface area contributed by atoms with Crippen molar-refractivity contribution in [3.8, 4) is 11.3 Å². The van der Waals surface area contributed by atoms with Crippen molar-refractivity contribution in [2.45, 2.75) is 19.9 Å². The van der Waals surface area contributed by atoms with Gasteiger partial charge in [0.15, 0.2) is 0 Å². The quantitative estimate of drug-likeness (QED) is 0.209. The van der Waals surface area contributed by atoms with Gasteiger partial charge in [-0.25, -0.2) is 4.98 Å². The number of rotatable bonds is 5. The van der Waals surface area contributed by atoms with Crippen LogP contribution in [-0.2, 0) is 0 Å². The average Bonchev–Trinajstić information content (AvgIpc) is 2.99. The lowest BCUT2D eigenvalue weighted by molar-refractivity contribution is 0.0599. The second-order valence-electron chi connectivity index (χ2n) is 10.6. The minimum Gasteiger partial charge on any atom is -0.336 e. The van der Waals surface area contributed by atoms with E-state index in [0.717, 1.165) is 39.7 Å². The van der Waals surface area contributed by atoms with Gasteiger partial charge >= 0.3 is 0 Å². The van der Waals surface area contributed by atoms with Gasteiger partial charge in [-0.15, -0.1) is 0 Å². The summed E-state index contributed by atoms with van der Waals surface area (Å²) in [5.41, 5.74) is 8.39. The minimum atomic E-state index is 0.0613. The lowest BCUT2D eigenvalue weighted by atomic mass is 9.96. The molecule has 0 atom stereocenters. The first-order valence-electron chi connectivity index (χ1n) is 13.8. The maximum atomic E-state index is 14.1. The number of hydrogen-bond acceptors (Lipinski definition) is 3. The van der Waals surface area contributed by atoms with Gasteiger partial charge < -0.3 is 4.90 Å². The molecule has 1 amide bonds. The van der Waals surface area contributed by atoms with E-state index in [1.807, 2.05) is 29.2 Å². The number of piperazine rings is 1. The molecule has 0 unspecified atom stereocenters. The van der Waals surface area contributed by atoms with Crippen molar-refractivity contribution in [1.82, 2.24) is 14.8 Å². The normalized spacial score (nSPS) is 14.2. The highest BCUT2D eigenvalue weighted by Crippen LogP contribution is 2.32. The van der Waals surface area contributed by atoms with E-state index in [0.29, 0.717) is 18.7 Å². The van der Waals surface area contributed by atoms with E-state index < -0.39 is 0 Å². The fraction of sp³-hybridized carbons (Fsp3) is 0.200. The van der Waals surface area contributed by atoms with Crippen LogP contribution in [0.15, 0.2) is 108 Å². The summed E-state index contributed by atoms with van der Waals surface area (Å²) in [6.45, 7) is 7.17. The molecule has 4 aromatic carbocycles. The van der Waals surface area contributed by atoms with Crippen molar-refractivity contribution in [2.75, 3.05) is 26.2 Å². The van der Waals surface area contributed by atoms with Crippen molar-refractivity contribution in [1.29, 1.82) is 0 Å². The summed E-state index contributed by atoms with van der Waals surface area (Å²) in [6.07, 6.45) is 0. The van der Waals surface area contributed by atoms with Crippen molar-refractivity contribution < 1.29 is 4.79 Å². The van der Waals surface area contributed by atoms with E-state index in [-0.39, 0.29) is 11.9 Å². The van der Waals surface area contributed by atoms with E-state index >= 15 is 0 Å². The second-order valence-corrected chi connectivity index (χ2v) is 11.5. The first-order chi connectivity index (χ1) is 19.5. The summed E-state index contributed by atoms with van der Waals surface area (Å²) < 4.78 is 0.938. The molecule has 1 saturated heterocycles. The Hall–Kier alpha value is -3.80. The molecule has 0 saturated carbocycles. The minimum absolute atomic E-state index is 0.0613. The number of nitrogens with zero attached hydrogens (tertiary/aromatic N) is 3. The molecule has 2 heterocycles. The molecule has 40 heavy (non-hydrogen) atoms. The van der Waals surface area contributed by atoms with Gasteiger partial charge in [0.25, 0.3) is 5.91 Å². The smallest absolute Gasteiger partial charge is 0.254 e. The van der Waals surface area contributed by atoms with Crippen LogP contribution in [-0.4, -0.2) is 46.9 Å². The molecule has 0 spiro atoms. The molecule has 200 valence electrons. The molecule has 0 bridgehead atoms. The number of pyridine rings is 1. The van der Waals surface area contributed by atoms with Crippen LogP contribution in [0, 0.1) is 13.8 Å². The number of carbonyl (C=O) groups excluding carboxylic acids is 1. The summed E-state index contributed by atoms with van der Waals surface area (Å²) in [5.74, 6) is 0.0613. The number of aryl methyl sites for hydroxylation is 2. The monoisotopic (exact) mass is 589 g/mol. The topological polar surface area (TPSA) is 36.4 Å². The number of carbonyl (C=O) groups is 1. The van der Waals surface area contributed by atoms with Gasteiger partial charge in [0.05, 0.1) is 22.8 Å². The van der Waals surface area contributed by atoms with Gasteiger partial charge in [-0.05, 0) is 66.4 Å². The molecule has 1 aliphatic rings. The highest BCUT2D eigenvalue weighted by molar-refractivity contribution is 9.10. The van der Waals surface area contributed by atoms with Gasteiger partial charge in [-0.2, -0.15) is 0 Å². The highest BCUT2D eigenvalue weighted by Gasteiger charge is 2.29. The number of benzene rings is 4. The molecule has 0 aliphatic carbocycles. The Kier molecular flexibility index (Phi) is 7.50. The predicted molar refractivity (Wildman–Crippen MR) is 167 cm³/mol. The Morgan fingerprint density at radius 3 is 2.02 bits per heavy atom. The maximum absolute atomic E-state index is 14.1. The molecular weight excluding hydrogens is 558 g/mol. The molecule has 5 heteroatoms. The average molecular weight is 591 g/mol. The van der Waals surface area contributed by atoms with Crippen LogP contribution in [0.2, 0.25) is 0 Å². The van der Waals surface area contributed by atoms with Crippen LogP contribution in [0.1, 0.15) is 38.7 Å². The summed E-state index contributed by atoms with van der Waals surface area (Å²) in [6, 6.07) is 35.8. The summed E-state index contributed by atoms with van der Waals surface area (Å²) in [4.78, 5) is 23.6. The molecule has 0 radical (unpaired) electrons. The van der Waals surface area contributed by atoms with Gasteiger partial charge in [0.2, 0.25) is 0 Å². The van der Waals surface area contributed by atoms with Crippen LogP contribution in [0.5, 0.6) is 0 Å². The zero-order valence-electron chi connectivity index (χ0n) is 22.8. The van der Waals surface area contributed by atoms with E-state index in [4.69, 9.17) is 4.98 Å². The molecule has 5 aromatic rings. The van der Waals surface area contributed by atoms with E-state index in [1.165, 1.54) is 22.3 Å². The number of hydrogen-bond donors (Lipinski definition) is 0. The molecule has 6 rings (SSSR count). The Labute approximate surface area is 244 Å². The number of fused-ring (bicyclic) bond motifs is 1. The van der Waals surface area contributed by atoms with E-state index in [1.54, 1.807) is 0 Å². The number of amides is 1. The number of aromatic nitrogens is 1. The maximum Gasteiger partial charge on any atom is 0.254 e. The SMILES string of the molecule is Cc1ccc(-c2cc(C(=O)N3CCN(C(c4ccccc4)c4ccccc4)CC3)c3cc(Br)ccc3n2)cc1C. The summed E-state index contributed by atoms with van der Waals surface area (Å²) >= 11 is 3.60. The lowest BCUT2D eigenvalue weighted by Crippen LogP contribution is -2.49. The Morgan fingerprint density at radius 2 is 1.40 bits per heavy atom. The molecule has 1 aliphatic heterocycles. The Bertz CT molecular complexity index is 1620. The van der Waals surface area contributed by atoms with Crippen LogP contribution in [0.3, 0.4) is 0 Å². The van der Waals surface area contributed by atoms with Crippen LogP contribution in [0.25, 0.3) is 22.2 Å². The first kappa shape index (κ1) is 26.4. The van der Waals surface area contributed by atoms with E-state index in [2.05, 4.69) is 114 Å². The highest BCUT2D eigenvalue weighted by atomic mass is 79.9. The third-order valence-electron chi connectivity index (χ3n) is 8.00. The molecule has 4 nitrogen and oxygen atoms in total. The zero-order valence-corrected chi connectivity index (χ0v) is 24.4. The fourth-order valence-corrected chi connectivity index (χ4v) is 6.02. The predicted octanol–water partition coefficient (Wildman–Crippen LogP) is 7.83. The van der Waals surface area contributed by atoms with Gasteiger partial charge in [0.1, 0.15) is 0 Å². The van der Waals surface area contributed by atoms with Crippen molar-refractivity contribution in [2.24, 2.45) is 0 Å². The van der Waals surface area contributed by atoms with E-state index in [9.17, 15) is 4.79 Å². The van der Waals surface area contributed by atoms with Gasteiger partial charge in [0, 0.05) is 41.6 Å². The summed E-state index contributed by atoms with van der Waals surface area (Å²) in [5, 5.41) is 0.876.